The summed E-state index contributed by atoms with van der Waals surface area (Å²) in [6, 6.07) is 4.94. The highest BCUT2D eigenvalue weighted by atomic mass is 32.2. The number of anilines is 1. The number of hydrogen-bond acceptors (Lipinski definition) is 3. The van der Waals surface area contributed by atoms with Gasteiger partial charge in [0.2, 0.25) is 0 Å². The third-order valence-electron chi connectivity index (χ3n) is 3.38. The number of urea groups is 1. The van der Waals surface area contributed by atoms with E-state index in [0.717, 1.165) is 0 Å². The summed E-state index contributed by atoms with van der Waals surface area (Å²) >= 11 is 0. The number of hydrogen-bond donors (Lipinski definition) is 1. The number of carbonyl (C=O) groups excluding carboxylic acids is 1. The van der Waals surface area contributed by atoms with Gasteiger partial charge in [-0.1, -0.05) is 0 Å². The summed E-state index contributed by atoms with van der Waals surface area (Å²) in [7, 11) is -3.07. The Labute approximate surface area is 117 Å². The number of sulfone groups is 1. The predicted octanol–water partition coefficient (Wildman–Crippen LogP) is 1.87. The highest BCUT2D eigenvalue weighted by Gasteiger charge is 2.27. The lowest BCUT2D eigenvalue weighted by atomic mass is 10.2. The maximum Gasteiger partial charge on any atom is 0.322 e. The van der Waals surface area contributed by atoms with E-state index in [9.17, 15) is 17.6 Å². The molecule has 2 rings (SSSR count). The third-order valence-corrected chi connectivity index (χ3v) is 5.04. The molecule has 0 aromatic heterocycles. The number of halogens is 1. The number of benzene rings is 1. The number of carbonyl (C=O) groups is 1. The van der Waals surface area contributed by atoms with Crippen LogP contribution in [0.3, 0.4) is 0 Å². The first-order chi connectivity index (χ1) is 9.37. The molecule has 0 unspecified atom stereocenters. The van der Waals surface area contributed by atoms with Crippen molar-refractivity contribution in [1.29, 1.82) is 0 Å². The molecule has 7 heteroatoms. The minimum absolute atomic E-state index is 0.0197. The summed E-state index contributed by atoms with van der Waals surface area (Å²) in [6.45, 7) is 2.00. The number of nitrogens with one attached hydrogen (secondary N) is 1. The van der Waals surface area contributed by atoms with E-state index in [4.69, 9.17) is 0 Å². The predicted molar refractivity (Wildman–Crippen MR) is 74.9 cm³/mol. The van der Waals surface area contributed by atoms with Gasteiger partial charge < -0.3 is 10.2 Å². The Bertz CT molecular complexity index is 586. The molecule has 1 N–H and O–H groups in total. The van der Waals surface area contributed by atoms with Crippen molar-refractivity contribution in [1.82, 2.24) is 4.90 Å². The Kier molecular flexibility index (Phi) is 4.27. The maximum atomic E-state index is 12.8. The van der Waals surface area contributed by atoms with Crippen molar-refractivity contribution < 1.29 is 17.6 Å². The van der Waals surface area contributed by atoms with Crippen molar-refractivity contribution in [2.75, 3.05) is 23.4 Å². The Morgan fingerprint density at radius 2 is 1.95 bits per heavy atom. The molecule has 0 saturated carbocycles. The number of nitrogens with zero attached hydrogens (tertiary/aromatic N) is 1. The van der Waals surface area contributed by atoms with Crippen molar-refractivity contribution in [3.05, 3.63) is 30.1 Å². The highest BCUT2D eigenvalue weighted by molar-refractivity contribution is 7.91. The molecule has 1 aliphatic heterocycles. The van der Waals surface area contributed by atoms with Crippen LogP contribution < -0.4 is 5.32 Å². The first-order valence-corrected chi connectivity index (χ1v) is 8.23. The average Bonchev–Trinajstić information content (AvgIpc) is 2.52. The van der Waals surface area contributed by atoms with Crippen LogP contribution in [0.5, 0.6) is 0 Å². The van der Waals surface area contributed by atoms with Crippen LogP contribution in [0, 0.1) is 5.82 Å². The van der Waals surface area contributed by atoms with Crippen molar-refractivity contribution in [2.24, 2.45) is 0 Å². The normalized spacial score (nSPS) is 22.1. The van der Waals surface area contributed by atoms with E-state index < -0.39 is 9.84 Å². The van der Waals surface area contributed by atoms with Gasteiger partial charge in [-0.25, -0.2) is 17.6 Å². The van der Waals surface area contributed by atoms with Crippen molar-refractivity contribution in [3.8, 4) is 0 Å². The topological polar surface area (TPSA) is 66.5 Å². The molecule has 20 heavy (non-hydrogen) atoms. The lowest BCUT2D eigenvalue weighted by molar-refractivity contribution is 0.197. The molecule has 1 fully saturated rings. The minimum Gasteiger partial charge on any atom is -0.321 e. The molecular weight excluding hydrogens is 283 g/mol. The summed E-state index contributed by atoms with van der Waals surface area (Å²) < 4.78 is 36.0. The van der Waals surface area contributed by atoms with Gasteiger partial charge in [0.25, 0.3) is 0 Å². The molecule has 0 spiro atoms. The molecule has 1 aromatic carbocycles. The number of rotatable bonds is 1. The quantitative estimate of drug-likeness (QED) is 0.861. The van der Waals surface area contributed by atoms with E-state index in [-0.39, 0.29) is 35.9 Å². The fourth-order valence-electron chi connectivity index (χ4n) is 2.10. The standard InChI is InChI=1S/C13H17FN2O3S/c1-10-6-8-20(18,19)9-7-16(10)13(17)15-12-4-2-11(14)3-5-12/h2-5,10H,6-9H2,1H3,(H,15,17)/t10-/m1/s1. The lowest BCUT2D eigenvalue weighted by Gasteiger charge is -2.26. The van der Waals surface area contributed by atoms with Crippen LogP contribution in [0.4, 0.5) is 14.9 Å². The zero-order valence-corrected chi connectivity index (χ0v) is 12.0. The molecule has 1 aromatic rings. The highest BCUT2D eigenvalue weighted by Crippen LogP contribution is 2.15. The van der Waals surface area contributed by atoms with Crippen LogP contribution in [-0.2, 0) is 9.84 Å². The summed E-state index contributed by atoms with van der Waals surface area (Å²) in [6.07, 6.45) is 0.430. The molecule has 0 bridgehead atoms. The Balaban J connectivity index is 2.06. The van der Waals surface area contributed by atoms with E-state index in [1.165, 1.54) is 29.2 Å². The number of amides is 2. The lowest BCUT2D eigenvalue weighted by Crippen LogP contribution is -2.42. The molecule has 0 aliphatic carbocycles. The van der Waals surface area contributed by atoms with E-state index >= 15 is 0 Å². The Morgan fingerprint density at radius 3 is 2.60 bits per heavy atom. The molecule has 0 radical (unpaired) electrons. The molecular formula is C13H17FN2O3S. The van der Waals surface area contributed by atoms with E-state index in [0.29, 0.717) is 12.1 Å². The summed E-state index contributed by atoms with van der Waals surface area (Å²) in [5, 5.41) is 2.65. The largest absolute Gasteiger partial charge is 0.322 e. The average molecular weight is 300 g/mol. The third kappa shape index (κ3) is 3.69. The second-order valence-electron chi connectivity index (χ2n) is 4.92. The van der Waals surface area contributed by atoms with E-state index in [1.807, 2.05) is 6.92 Å². The molecule has 1 heterocycles. The summed E-state index contributed by atoms with van der Waals surface area (Å²) in [4.78, 5) is 13.7. The van der Waals surface area contributed by atoms with Gasteiger partial charge in [-0.2, -0.15) is 0 Å². The van der Waals surface area contributed by atoms with Gasteiger partial charge in [-0.3, -0.25) is 0 Å². The van der Waals surface area contributed by atoms with Crippen LogP contribution in [0.15, 0.2) is 24.3 Å². The van der Waals surface area contributed by atoms with Crippen molar-refractivity contribution >= 4 is 21.6 Å². The molecule has 1 saturated heterocycles. The first kappa shape index (κ1) is 14.8. The van der Waals surface area contributed by atoms with Crippen LogP contribution >= 0.6 is 0 Å². The van der Waals surface area contributed by atoms with Gasteiger partial charge in [0.1, 0.15) is 5.82 Å². The van der Waals surface area contributed by atoms with Gasteiger partial charge >= 0.3 is 6.03 Å². The van der Waals surface area contributed by atoms with Gasteiger partial charge in [0.05, 0.1) is 11.5 Å². The fourth-order valence-corrected chi connectivity index (χ4v) is 3.48. The Hall–Kier alpha value is -1.63. The van der Waals surface area contributed by atoms with Gasteiger partial charge in [-0.15, -0.1) is 0 Å². The second kappa shape index (κ2) is 5.78. The maximum absolute atomic E-state index is 12.8. The monoisotopic (exact) mass is 300 g/mol. The van der Waals surface area contributed by atoms with Gasteiger partial charge in [0.15, 0.2) is 9.84 Å². The summed E-state index contributed by atoms with van der Waals surface area (Å²) in [5.74, 6) is -0.292. The summed E-state index contributed by atoms with van der Waals surface area (Å²) in [5.41, 5.74) is 0.482. The van der Waals surface area contributed by atoms with Crippen LogP contribution in [0.1, 0.15) is 13.3 Å². The smallest absolute Gasteiger partial charge is 0.321 e. The molecule has 110 valence electrons. The van der Waals surface area contributed by atoms with Crippen LogP contribution in [-0.4, -0.2) is 43.4 Å². The van der Waals surface area contributed by atoms with Crippen molar-refractivity contribution in [2.45, 2.75) is 19.4 Å². The first-order valence-electron chi connectivity index (χ1n) is 6.41. The van der Waals surface area contributed by atoms with Crippen LogP contribution in [0.25, 0.3) is 0 Å². The van der Waals surface area contributed by atoms with E-state index in [1.54, 1.807) is 0 Å². The van der Waals surface area contributed by atoms with Gasteiger partial charge in [0, 0.05) is 18.3 Å². The zero-order valence-electron chi connectivity index (χ0n) is 11.2. The minimum atomic E-state index is -3.07. The Morgan fingerprint density at radius 1 is 1.30 bits per heavy atom. The van der Waals surface area contributed by atoms with Gasteiger partial charge in [-0.05, 0) is 37.6 Å². The molecule has 5 nitrogen and oxygen atoms in total. The van der Waals surface area contributed by atoms with Crippen molar-refractivity contribution in [3.63, 3.8) is 0 Å². The van der Waals surface area contributed by atoms with E-state index in [2.05, 4.69) is 5.32 Å². The zero-order chi connectivity index (χ0) is 14.8. The molecule has 2 amide bonds. The molecule has 1 aliphatic rings. The SMILES string of the molecule is C[C@@H]1CCS(=O)(=O)CCN1C(=O)Nc1ccc(F)cc1. The fraction of sp³-hybridized carbons (Fsp3) is 0.462. The molecule has 1 atom stereocenters. The second-order valence-corrected chi connectivity index (χ2v) is 7.22. The van der Waals surface area contributed by atoms with Crippen LogP contribution in [0.2, 0.25) is 0 Å².